The van der Waals surface area contributed by atoms with E-state index in [9.17, 15) is 4.39 Å². The maximum atomic E-state index is 13.1. The van der Waals surface area contributed by atoms with E-state index in [-0.39, 0.29) is 5.82 Å². The van der Waals surface area contributed by atoms with Gasteiger partial charge in [-0.3, -0.25) is 0 Å². The second-order valence-electron chi connectivity index (χ2n) is 3.93. The Morgan fingerprint density at radius 1 is 1.16 bits per heavy atom. The van der Waals surface area contributed by atoms with E-state index in [0.29, 0.717) is 28.0 Å². The lowest BCUT2D eigenvalue weighted by molar-refractivity contribution is 0.410. The molecule has 0 aliphatic carbocycles. The molecule has 2 aromatic carbocycles. The molecule has 2 nitrogen and oxygen atoms in total. The maximum absolute atomic E-state index is 13.1. The highest BCUT2D eigenvalue weighted by atomic mass is 35.5. The summed E-state index contributed by atoms with van der Waals surface area (Å²) in [5, 5.41) is 4.14. The molecule has 0 unspecified atom stereocenters. The van der Waals surface area contributed by atoms with Crippen LogP contribution in [0.2, 0.25) is 10.0 Å². The Kier molecular flexibility index (Phi) is 4.51. The number of methoxy groups -OCH3 is 1. The van der Waals surface area contributed by atoms with Gasteiger partial charge in [-0.1, -0.05) is 23.2 Å². The summed E-state index contributed by atoms with van der Waals surface area (Å²) in [5.74, 6) is 0.370. The summed E-state index contributed by atoms with van der Waals surface area (Å²) in [4.78, 5) is 0. The Bertz CT molecular complexity index is 590. The Morgan fingerprint density at radius 3 is 2.68 bits per heavy atom. The van der Waals surface area contributed by atoms with Gasteiger partial charge in [0.25, 0.3) is 0 Å². The number of nitrogens with one attached hydrogen (secondary N) is 1. The molecule has 0 atom stereocenters. The molecule has 100 valence electrons. The minimum absolute atomic E-state index is 0.343. The van der Waals surface area contributed by atoms with Gasteiger partial charge in [-0.15, -0.1) is 0 Å². The average molecular weight is 300 g/mol. The number of benzene rings is 2. The first kappa shape index (κ1) is 14.0. The van der Waals surface area contributed by atoms with Gasteiger partial charge in [0.15, 0.2) is 0 Å². The van der Waals surface area contributed by atoms with Gasteiger partial charge < -0.3 is 10.1 Å². The molecule has 0 bridgehead atoms. The molecule has 0 aromatic heterocycles. The summed E-state index contributed by atoms with van der Waals surface area (Å²) < 4.78 is 18.4. The summed E-state index contributed by atoms with van der Waals surface area (Å²) in [7, 11) is 1.59. The van der Waals surface area contributed by atoms with Crippen LogP contribution < -0.4 is 10.1 Å². The van der Waals surface area contributed by atoms with Gasteiger partial charge in [0.1, 0.15) is 11.6 Å². The maximum Gasteiger partial charge on any atom is 0.125 e. The minimum Gasteiger partial charge on any atom is -0.496 e. The molecule has 5 heteroatoms. The molecule has 1 N–H and O–H groups in total. The third-order valence-electron chi connectivity index (χ3n) is 2.64. The standard InChI is InChI=1S/C14H12Cl2FNO/c1-19-14-5-2-10(15)6-9(14)8-18-13-7-11(17)3-4-12(13)16/h2-7,18H,8H2,1H3. The number of hydrogen-bond donors (Lipinski definition) is 1. The molecule has 0 heterocycles. The molecule has 0 aliphatic heterocycles. The Hall–Kier alpha value is -1.45. The van der Waals surface area contributed by atoms with Gasteiger partial charge in [-0.25, -0.2) is 4.39 Å². The lowest BCUT2D eigenvalue weighted by Crippen LogP contribution is -2.02. The van der Waals surface area contributed by atoms with Gasteiger partial charge in [0.05, 0.1) is 17.8 Å². The summed E-state index contributed by atoms with van der Waals surface area (Å²) in [6.45, 7) is 0.437. The predicted octanol–water partition coefficient (Wildman–Crippen LogP) is 4.75. The van der Waals surface area contributed by atoms with Crippen LogP contribution in [0.15, 0.2) is 36.4 Å². The van der Waals surface area contributed by atoms with E-state index in [2.05, 4.69) is 5.32 Å². The summed E-state index contributed by atoms with van der Waals surface area (Å²) in [6.07, 6.45) is 0. The first-order chi connectivity index (χ1) is 9.10. The van der Waals surface area contributed by atoms with E-state index >= 15 is 0 Å². The Labute approximate surface area is 121 Å². The van der Waals surface area contributed by atoms with Gasteiger partial charge in [0.2, 0.25) is 0 Å². The highest BCUT2D eigenvalue weighted by molar-refractivity contribution is 6.33. The molecule has 2 rings (SSSR count). The lowest BCUT2D eigenvalue weighted by atomic mass is 10.2. The fraction of sp³-hybridized carbons (Fsp3) is 0.143. The normalized spacial score (nSPS) is 10.3. The van der Waals surface area contributed by atoms with Crippen LogP contribution in [0.1, 0.15) is 5.56 Å². The number of ether oxygens (including phenoxy) is 1. The molecule has 0 aliphatic rings. The third kappa shape index (κ3) is 3.52. The second kappa shape index (κ2) is 6.13. The van der Waals surface area contributed by atoms with E-state index in [4.69, 9.17) is 27.9 Å². The van der Waals surface area contributed by atoms with Crippen molar-refractivity contribution in [3.05, 3.63) is 57.8 Å². The monoisotopic (exact) mass is 299 g/mol. The second-order valence-corrected chi connectivity index (χ2v) is 4.78. The number of anilines is 1. The smallest absolute Gasteiger partial charge is 0.125 e. The number of rotatable bonds is 4. The van der Waals surface area contributed by atoms with Crippen LogP contribution in [0.4, 0.5) is 10.1 Å². The average Bonchev–Trinajstić information content (AvgIpc) is 2.40. The molecule has 0 spiro atoms. The first-order valence-electron chi connectivity index (χ1n) is 5.61. The van der Waals surface area contributed by atoms with Crippen molar-refractivity contribution in [2.24, 2.45) is 0 Å². The van der Waals surface area contributed by atoms with Crippen LogP contribution in [0.5, 0.6) is 5.75 Å². The number of halogens is 3. The molecule has 0 saturated carbocycles. The zero-order valence-corrected chi connectivity index (χ0v) is 11.7. The van der Waals surface area contributed by atoms with Gasteiger partial charge in [-0.05, 0) is 36.4 Å². The zero-order chi connectivity index (χ0) is 13.8. The van der Waals surface area contributed by atoms with Gasteiger partial charge >= 0.3 is 0 Å². The van der Waals surface area contributed by atoms with Gasteiger partial charge in [-0.2, -0.15) is 0 Å². The Morgan fingerprint density at radius 2 is 1.95 bits per heavy atom. The van der Waals surface area contributed by atoms with Crippen molar-refractivity contribution in [2.45, 2.75) is 6.54 Å². The highest BCUT2D eigenvalue weighted by Crippen LogP contribution is 2.26. The SMILES string of the molecule is COc1ccc(Cl)cc1CNc1cc(F)ccc1Cl. The van der Waals surface area contributed by atoms with E-state index in [1.807, 2.05) is 0 Å². The summed E-state index contributed by atoms with van der Waals surface area (Å²) in [6, 6.07) is 9.49. The molecule has 0 amide bonds. The first-order valence-corrected chi connectivity index (χ1v) is 6.37. The van der Waals surface area contributed by atoms with Crippen molar-refractivity contribution in [3.63, 3.8) is 0 Å². The molecular formula is C14H12Cl2FNO. The van der Waals surface area contributed by atoms with Crippen molar-refractivity contribution < 1.29 is 9.13 Å². The number of hydrogen-bond acceptors (Lipinski definition) is 2. The lowest BCUT2D eigenvalue weighted by Gasteiger charge is -2.12. The Balaban J connectivity index is 2.18. The highest BCUT2D eigenvalue weighted by Gasteiger charge is 2.06. The van der Waals surface area contributed by atoms with Crippen LogP contribution in [-0.4, -0.2) is 7.11 Å². The molecule has 19 heavy (non-hydrogen) atoms. The van der Waals surface area contributed by atoms with Crippen LogP contribution in [0.3, 0.4) is 0 Å². The van der Waals surface area contributed by atoms with Crippen molar-refractivity contribution >= 4 is 28.9 Å². The van der Waals surface area contributed by atoms with Crippen LogP contribution in [0.25, 0.3) is 0 Å². The van der Waals surface area contributed by atoms with E-state index in [1.54, 1.807) is 25.3 Å². The summed E-state index contributed by atoms with van der Waals surface area (Å²) in [5.41, 5.74) is 1.40. The summed E-state index contributed by atoms with van der Waals surface area (Å²) >= 11 is 11.9. The fourth-order valence-electron chi connectivity index (χ4n) is 1.71. The van der Waals surface area contributed by atoms with E-state index in [0.717, 1.165) is 5.56 Å². The van der Waals surface area contributed by atoms with Crippen LogP contribution in [-0.2, 0) is 6.54 Å². The minimum atomic E-state index is -0.343. The van der Waals surface area contributed by atoms with Crippen LogP contribution >= 0.6 is 23.2 Å². The van der Waals surface area contributed by atoms with Crippen molar-refractivity contribution in [3.8, 4) is 5.75 Å². The molecule has 0 fully saturated rings. The predicted molar refractivity (Wildman–Crippen MR) is 76.7 cm³/mol. The van der Waals surface area contributed by atoms with Crippen molar-refractivity contribution in [1.29, 1.82) is 0 Å². The van der Waals surface area contributed by atoms with Crippen LogP contribution in [0, 0.1) is 5.82 Å². The van der Waals surface area contributed by atoms with E-state index < -0.39 is 0 Å². The van der Waals surface area contributed by atoms with E-state index in [1.165, 1.54) is 18.2 Å². The third-order valence-corrected chi connectivity index (χ3v) is 3.20. The molecule has 0 saturated heterocycles. The largest absolute Gasteiger partial charge is 0.496 e. The van der Waals surface area contributed by atoms with Crippen molar-refractivity contribution in [1.82, 2.24) is 0 Å². The molecule has 2 aromatic rings. The van der Waals surface area contributed by atoms with Gasteiger partial charge in [0, 0.05) is 17.1 Å². The fourth-order valence-corrected chi connectivity index (χ4v) is 2.09. The topological polar surface area (TPSA) is 21.3 Å². The zero-order valence-electron chi connectivity index (χ0n) is 10.2. The molecule has 0 radical (unpaired) electrons. The van der Waals surface area contributed by atoms with Crippen molar-refractivity contribution in [2.75, 3.05) is 12.4 Å². The quantitative estimate of drug-likeness (QED) is 0.879. The molecular weight excluding hydrogens is 288 g/mol.